The fraction of sp³-hybridized carbons (Fsp3) is 0.385. The maximum absolute atomic E-state index is 6.02. The highest BCUT2D eigenvalue weighted by Gasteiger charge is 2.29. The lowest BCUT2D eigenvalue weighted by molar-refractivity contribution is 0.790. The van der Waals surface area contributed by atoms with Gasteiger partial charge < -0.3 is 5.84 Å². The van der Waals surface area contributed by atoms with Gasteiger partial charge in [-0.15, -0.1) is 10.2 Å². The molecule has 1 saturated carbocycles. The van der Waals surface area contributed by atoms with Crippen LogP contribution in [0.1, 0.15) is 35.7 Å². The first kappa shape index (κ1) is 11.6. The van der Waals surface area contributed by atoms with Crippen LogP contribution in [0, 0.1) is 6.92 Å². The van der Waals surface area contributed by atoms with Gasteiger partial charge in [0.15, 0.2) is 5.82 Å². The van der Waals surface area contributed by atoms with E-state index >= 15 is 0 Å². The minimum Gasteiger partial charge on any atom is -0.336 e. The average molecular weight is 260 g/mol. The lowest BCUT2D eigenvalue weighted by Crippen LogP contribution is -2.13. The molecular weight excluding hydrogens is 244 g/mol. The minimum absolute atomic E-state index is 0.537. The van der Waals surface area contributed by atoms with Gasteiger partial charge in [-0.1, -0.05) is 36.0 Å². The molecule has 94 valence electrons. The molecule has 0 atom stereocenters. The molecule has 0 aliphatic heterocycles. The Bertz CT molecular complexity index is 560. The summed E-state index contributed by atoms with van der Waals surface area (Å²) < 4.78 is 1.65. The molecule has 1 aliphatic rings. The molecule has 18 heavy (non-hydrogen) atoms. The van der Waals surface area contributed by atoms with Crippen LogP contribution in [0.25, 0.3) is 0 Å². The quantitative estimate of drug-likeness (QED) is 0.677. The number of nitrogens with zero attached hydrogens (tertiary/aromatic N) is 3. The highest BCUT2D eigenvalue weighted by Crippen LogP contribution is 2.39. The highest BCUT2D eigenvalue weighted by atomic mass is 32.2. The molecule has 0 unspecified atom stereocenters. The van der Waals surface area contributed by atoms with Crippen molar-refractivity contribution in [3.63, 3.8) is 0 Å². The van der Waals surface area contributed by atoms with Crippen molar-refractivity contribution in [2.24, 2.45) is 0 Å². The lowest BCUT2D eigenvalue weighted by Gasteiger charge is -2.05. The molecule has 3 rings (SSSR count). The highest BCUT2D eigenvalue weighted by molar-refractivity contribution is 7.98. The summed E-state index contributed by atoms with van der Waals surface area (Å²) in [6, 6.07) is 8.38. The van der Waals surface area contributed by atoms with Crippen molar-refractivity contribution in [3.05, 3.63) is 41.2 Å². The molecule has 1 fully saturated rings. The van der Waals surface area contributed by atoms with Gasteiger partial charge in [-0.05, 0) is 30.9 Å². The van der Waals surface area contributed by atoms with Crippen molar-refractivity contribution >= 4 is 11.8 Å². The smallest absolute Gasteiger partial charge is 0.210 e. The normalized spacial score (nSPS) is 14.9. The third-order valence-corrected chi connectivity index (χ3v) is 4.24. The van der Waals surface area contributed by atoms with Gasteiger partial charge in [-0.25, -0.2) is 4.68 Å². The van der Waals surface area contributed by atoms with E-state index in [1.807, 2.05) is 0 Å². The van der Waals surface area contributed by atoms with Gasteiger partial charge in [-0.3, -0.25) is 0 Å². The zero-order valence-electron chi connectivity index (χ0n) is 10.3. The third-order valence-electron chi connectivity index (χ3n) is 3.25. The number of nitrogen functional groups attached to an aromatic ring is 1. The Hall–Kier alpha value is -1.49. The standard InChI is InChI=1S/C13H16N4S/c1-9-4-2-3-5-11(9)8-18-13-16-15-12(17(13)14)10-6-7-10/h2-5,10H,6-8,14H2,1H3. The zero-order valence-corrected chi connectivity index (χ0v) is 11.2. The topological polar surface area (TPSA) is 56.7 Å². The molecule has 5 heteroatoms. The number of hydrogen-bond acceptors (Lipinski definition) is 4. The number of thioether (sulfide) groups is 1. The van der Waals surface area contributed by atoms with Crippen molar-refractivity contribution < 1.29 is 0 Å². The van der Waals surface area contributed by atoms with E-state index in [1.165, 1.54) is 24.0 Å². The Labute approximate surface area is 111 Å². The Morgan fingerprint density at radius 3 is 2.83 bits per heavy atom. The monoisotopic (exact) mass is 260 g/mol. The fourth-order valence-electron chi connectivity index (χ4n) is 1.92. The van der Waals surface area contributed by atoms with Crippen LogP contribution in [0.4, 0.5) is 0 Å². The second kappa shape index (κ2) is 4.65. The summed E-state index contributed by atoms with van der Waals surface area (Å²) in [5.74, 6) is 8.37. The molecule has 0 radical (unpaired) electrons. The third kappa shape index (κ3) is 2.22. The number of rotatable bonds is 4. The van der Waals surface area contributed by atoms with E-state index in [-0.39, 0.29) is 0 Å². The Morgan fingerprint density at radius 2 is 2.11 bits per heavy atom. The summed E-state index contributed by atoms with van der Waals surface area (Å²) in [5, 5.41) is 9.16. The lowest BCUT2D eigenvalue weighted by atomic mass is 10.1. The number of aryl methyl sites for hydroxylation is 1. The molecule has 2 N–H and O–H groups in total. The van der Waals surface area contributed by atoms with Gasteiger partial charge in [0.05, 0.1) is 0 Å². The van der Waals surface area contributed by atoms with Gasteiger partial charge in [0.1, 0.15) is 0 Å². The SMILES string of the molecule is Cc1ccccc1CSc1nnc(C2CC2)n1N. The van der Waals surface area contributed by atoms with Crippen molar-refractivity contribution in [3.8, 4) is 0 Å². The number of nitrogens with two attached hydrogens (primary N) is 1. The molecule has 4 nitrogen and oxygen atoms in total. The molecular formula is C13H16N4S. The van der Waals surface area contributed by atoms with E-state index in [0.717, 1.165) is 16.7 Å². The van der Waals surface area contributed by atoms with Gasteiger partial charge in [-0.2, -0.15) is 0 Å². The predicted octanol–water partition coefficient (Wildman–Crippen LogP) is 2.47. The van der Waals surface area contributed by atoms with E-state index in [0.29, 0.717) is 5.92 Å². The van der Waals surface area contributed by atoms with Crippen LogP contribution in [0.2, 0.25) is 0 Å². The zero-order chi connectivity index (χ0) is 12.5. The largest absolute Gasteiger partial charge is 0.336 e. The molecule has 0 saturated heterocycles. The molecule has 0 bridgehead atoms. The molecule has 1 aliphatic carbocycles. The van der Waals surface area contributed by atoms with E-state index in [4.69, 9.17) is 5.84 Å². The summed E-state index contributed by atoms with van der Waals surface area (Å²) in [6.45, 7) is 2.12. The first-order chi connectivity index (χ1) is 8.75. The van der Waals surface area contributed by atoms with Gasteiger partial charge in [0.25, 0.3) is 0 Å². The van der Waals surface area contributed by atoms with E-state index < -0.39 is 0 Å². The van der Waals surface area contributed by atoms with E-state index in [2.05, 4.69) is 41.4 Å². The van der Waals surface area contributed by atoms with Crippen molar-refractivity contribution in [1.82, 2.24) is 14.9 Å². The van der Waals surface area contributed by atoms with Crippen molar-refractivity contribution in [1.29, 1.82) is 0 Å². The van der Waals surface area contributed by atoms with Crippen molar-refractivity contribution in [2.45, 2.75) is 36.6 Å². The van der Waals surface area contributed by atoms with Gasteiger partial charge >= 0.3 is 0 Å². The fourth-order valence-corrected chi connectivity index (χ4v) is 2.86. The Morgan fingerprint density at radius 1 is 1.33 bits per heavy atom. The van der Waals surface area contributed by atoms with Crippen molar-refractivity contribution in [2.75, 3.05) is 5.84 Å². The van der Waals surface area contributed by atoms with E-state index in [1.54, 1.807) is 16.4 Å². The van der Waals surface area contributed by atoms with Crippen LogP contribution in [0.15, 0.2) is 29.4 Å². The van der Waals surface area contributed by atoms with Crippen LogP contribution in [-0.2, 0) is 5.75 Å². The Kier molecular flexibility index (Phi) is 2.99. The van der Waals surface area contributed by atoms with Gasteiger partial charge in [0.2, 0.25) is 5.16 Å². The number of hydrogen-bond donors (Lipinski definition) is 1. The molecule has 0 amide bonds. The molecule has 2 aromatic rings. The molecule has 1 aromatic carbocycles. The summed E-state index contributed by atoms with van der Waals surface area (Å²) in [7, 11) is 0. The maximum atomic E-state index is 6.02. The molecule has 0 spiro atoms. The Balaban J connectivity index is 1.72. The van der Waals surface area contributed by atoms with Crippen LogP contribution >= 0.6 is 11.8 Å². The van der Waals surface area contributed by atoms with Crippen LogP contribution in [0.3, 0.4) is 0 Å². The second-order valence-electron chi connectivity index (χ2n) is 4.70. The van der Waals surface area contributed by atoms with Crippen LogP contribution in [-0.4, -0.2) is 14.9 Å². The molecule has 1 heterocycles. The van der Waals surface area contributed by atoms with E-state index in [9.17, 15) is 0 Å². The summed E-state index contributed by atoms with van der Waals surface area (Å²) in [5.41, 5.74) is 2.62. The number of benzene rings is 1. The second-order valence-corrected chi connectivity index (χ2v) is 5.64. The summed E-state index contributed by atoms with van der Waals surface area (Å²) in [6.07, 6.45) is 2.38. The van der Waals surface area contributed by atoms with Crippen LogP contribution in [0.5, 0.6) is 0 Å². The summed E-state index contributed by atoms with van der Waals surface area (Å²) >= 11 is 1.64. The number of aromatic nitrogens is 3. The molecule has 1 aromatic heterocycles. The minimum atomic E-state index is 0.537. The maximum Gasteiger partial charge on any atom is 0.210 e. The van der Waals surface area contributed by atoms with Gasteiger partial charge in [0, 0.05) is 11.7 Å². The first-order valence-corrected chi connectivity index (χ1v) is 7.12. The first-order valence-electron chi connectivity index (χ1n) is 6.13. The average Bonchev–Trinajstić information content (AvgIpc) is 3.14. The predicted molar refractivity (Wildman–Crippen MR) is 72.9 cm³/mol. The van der Waals surface area contributed by atoms with Crippen LogP contribution < -0.4 is 5.84 Å². The summed E-state index contributed by atoms with van der Waals surface area (Å²) in [4.78, 5) is 0.